The Kier molecular flexibility index (Phi) is 3.02. The van der Waals surface area contributed by atoms with E-state index in [1.807, 2.05) is 6.20 Å². The summed E-state index contributed by atoms with van der Waals surface area (Å²) in [6.07, 6.45) is 3.10. The summed E-state index contributed by atoms with van der Waals surface area (Å²) >= 11 is 0. The van der Waals surface area contributed by atoms with Crippen LogP contribution < -0.4 is 0 Å². The number of aromatic amines is 1. The average molecular weight is 272 g/mol. The molecule has 1 atom stereocenters. The summed E-state index contributed by atoms with van der Waals surface area (Å²) in [4.78, 5) is 5.85. The number of ether oxygens (including phenoxy) is 2. The SMILES string of the molecule is c1cc(CN2CCOCC23CCOC3)c2cc[nH]c2c1. The maximum Gasteiger partial charge on any atom is 0.0704 e. The largest absolute Gasteiger partial charge is 0.379 e. The highest BCUT2D eigenvalue weighted by atomic mass is 16.5. The van der Waals surface area contributed by atoms with E-state index in [1.165, 1.54) is 16.5 Å². The van der Waals surface area contributed by atoms with Crippen LogP contribution in [0.4, 0.5) is 0 Å². The van der Waals surface area contributed by atoms with Gasteiger partial charge in [-0.15, -0.1) is 0 Å². The Labute approximate surface area is 118 Å². The molecule has 2 fully saturated rings. The Morgan fingerprint density at radius 1 is 1.15 bits per heavy atom. The van der Waals surface area contributed by atoms with E-state index < -0.39 is 0 Å². The van der Waals surface area contributed by atoms with Crippen LogP contribution in [0.2, 0.25) is 0 Å². The first-order valence-corrected chi connectivity index (χ1v) is 7.33. The summed E-state index contributed by atoms with van der Waals surface area (Å²) in [5, 5.41) is 1.33. The molecule has 0 bridgehead atoms. The second-order valence-corrected chi connectivity index (χ2v) is 5.86. The molecule has 1 aromatic carbocycles. The van der Waals surface area contributed by atoms with Crippen molar-refractivity contribution in [3.05, 3.63) is 36.0 Å². The number of nitrogens with zero attached hydrogens (tertiary/aromatic N) is 1. The summed E-state index contributed by atoms with van der Waals surface area (Å²) in [6, 6.07) is 8.66. The van der Waals surface area contributed by atoms with Crippen molar-refractivity contribution in [1.82, 2.24) is 9.88 Å². The third kappa shape index (κ3) is 1.95. The second-order valence-electron chi connectivity index (χ2n) is 5.86. The van der Waals surface area contributed by atoms with E-state index in [1.54, 1.807) is 0 Å². The van der Waals surface area contributed by atoms with Gasteiger partial charge >= 0.3 is 0 Å². The van der Waals surface area contributed by atoms with Crippen molar-refractivity contribution in [3.63, 3.8) is 0 Å². The van der Waals surface area contributed by atoms with Gasteiger partial charge in [0, 0.05) is 36.8 Å². The molecule has 4 nitrogen and oxygen atoms in total. The topological polar surface area (TPSA) is 37.5 Å². The van der Waals surface area contributed by atoms with Crippen molar-refractivity contribution in [2.75, 3.05) is 33.0 Å². The van der Waals surface area contributed by atoms with E-state index in [9.17, 15) is 0 Å². The van der Waals surface area contributed by atoms with Gasteiger partial charge < -0.3 is 14.5 Å². The smallest absolute Gasteiger partial charge is 0.0704 e. The van der Waals surface area contributed by atoms with Gasteiger partial charge in [-0.2, -0.15) is 0 Å². The Bertz CT molecular complexity index is 601. The van der Waals surface area contributed by atoms with E-state index in [-0.39, 0.29) is 5.54 Å². The molecule has 2 saturated heterocycles. The fourth-order valence-electron chi connectivity index (χ4n) is 3.47. The lowest BCUT2D eigenvalue weighted by Crippen LogP contribution is -2.56. The highest BCUT2D eigenvalue weighted by Gasteiger charge is 2.43. The molecule has 3 heterocycles. The lowest BCUT2D eigenvalue weighted by molar-refractivity contribution is -0.0747. The van der Waals surface area contributed by atoms with Crippen molar-refractivity contribution >= 4 is 10.9 Å². The summed E-state index contributed by atoms with van der Waals surface area (Å²) in [5.74, 6) is 0. The van der Waals surface area contributed by atoms with Crippen LogP contribution in [0.15, 0.2) is 30.5 Å². The van der Waals surface area contributed by atoms with Gasteiger partial charge in [-0.3, -0.25) is 4.90 Å². The highest BCUT2D eigenvalue weighted by molar-refractivity contribution is 5.82. The lowest BCUT2D eigenvalue weighted by Gasteiger charge is -2.43. The highest BCUT2D eigenvalue weighted by Crippen LogP contribution is 2.31. The molecule has 1 spiro atoms. The van der Waals surface area contributed by atoms with E-state index in [4.69, 9.17) is 9.47 Å². The van der Waals surface area contributed by atoms with Crippen LogP contribution in [0.5, 0.6) is 0 Å². The number of rotatable bonds is 2. The van der Waals surface area contributed by atoms with Crippen LogP contribution in [0.3, 0.4) is 0 Å². The Morgan fingerprint density at radius 3 is 2.95 bits per heavy atom. The maximum absolute atomic E-state index is 5.72. The van der Waals surface area contributed by atoms with Gasteiger partial charge in [-0.05, 0) is 24.1 Å². The molecule has 20 heavy (non-hydrogen) atoms. The molecule has 1 unspecified atom stereocenters. The van der Waals surface area contributed by atoms with Crippen LogP contribution in [-0.4, -0.2) is 48.4 Å². The third-order valence-electron chi connectivity index (χ3n) is 4.68. The maximum atomic E-state index is 5.72. The minimum Gasteiger partial charge on any atom is -0.379 e. The molecule has 106 valence electrons. The molecule has 0 saturated carbocycles. The zero-order valence-electron chi connectivity index (χ0n) is 11.6. The molecule has 2 aliphatic rings. The minimum atomic E-state index is 0.0940. The Morgan fingerprint density at radius 2 is 2.05 bits per heavy atom. The summed E-state index contributed by atoms with van der Waals surface area (Å²) in [5.41, 5.74) is 2.70. The zero-order chi connectivity index (χ0) is 13.4. The molecular weight excluding hydrogens is 252 g/mol. The molecule has 2 aliphatic heterocycles. The number of hydrogen-bond acceptors (Lipinski definition) is 3. The number of fused-ring (bicyclic) bond motifs is 1. The van der Waals surface area contributed by atoms with Gasteiger partial charge in [0.2, 0.25) is 0 Å². The van der Waals surface area contributed by atoms with Crippen molar-refractivity contribution in [2.24, 2.45) is 0 Å². The molecule has 1 aromatic heterocycles. The Balaban J connectivity index is 1.65. The zero-order valence-corrected chi connectivity index (χ0v) is 11.6. The average Bonchev–Trinajstić information content (AvgIpc) is 3.12. The minimum absolute atomic E-state index is 0.0940. The van der Waals surface area contributed by atoms with Crippen molar-refractivity contribution in [2.45, 2.75) is 18.5 Å². The fourth-order valence-corrected chi connectivity index (χ4v) is 3.47. The van der Waals surface area contributed by atoms with E-state index in [2.05, 4.69) is 34.1 Å². The summed E-state index contributed by atoms with van der Waals surface area (Å²) in [6.45, 7) is 5.25. The normalized spacial score (nSPS) is 27.6. The first-order valence-electron chi connectivity index (χ1n) is 7.33. The first-order chi connectivity index (χ1) is 9.87. The van der Waals surface area contributed by atoms with Crippen LogP contribution in [0, 0.1) is 0 Å². The van der Waals surface area contributed by atoms with Gasteiger partial charge in [0.25, 0.3) is 0 Å². The standard InChI is InChI=1S/C16H20N2O2/c1-2-13(14-4-6-17-15(14)3-1)10-18-7-9-20-12-16(18)5-8-19-11-16/h1-4,6,17H,5,7-12H2. The number of morpholine rings is 1. The predicted molar refractivity (Wildman–Crippen MR) is 77.7 cm³/mol. The number of aromatic nitrogens is 1. The van der Waals surface area contributed by atoms with Gasteiger partial charge in [0.15, 0.2) is 0 Å². The molecule has 2 aromatic rings. The van der Waals surface area contributed by atoms with Gasteiger partial charge in [0.1, 0.15) is 0 Å². The van der Waals surface area contributed by atoms with E-state index >= 15 is 0 Å². The molecule has 4 rings (SSSR count). The number of nitrogens with one attached hydrogen (secondary N) is 1. The molecule has 1 N–H and O–H groups in total. The molecular formula is C16H20N2O2. The van der Waals surface area contributed by atoms with Crippen molar-refractivity contribution in [1.29, 1.82) is 0 Å². The molecule has 0 radical (unpaired) electrons. The molecule has 0 aliphatic carbocycles. The van der Waals surface area contributed by atoms with Crippen LogP contribution in [-0.2, 0) is 16.0 Å². The van der Waals surface area contributed by atoms with Crippen LogP contribution >= 0.6 is 0 Å². The lowest BCUT2D eigenvalue weighted by atomic mass is 9.94. The third-order valence-corrected chi connectivity index (χ3v) is 4.68. The van der Waals surface area contributed by atoms with E-state index in [0.717, 1.165) is 45.9 Å². The Hall–Kier alpha value is -1.36. The van der Waals surface area contributed by atoms with Crippen molar-refractivity contribution in [3.8, 4) is 0 Å². The molecule has 4 heteroatoms. The fraction of sp³-hybridized carbons (Fsp3) is 0.500. The molecule has 0 amide bonds. The quantitative estimate of drug-likeness (QED) is 0.910. The summed E-state index contributed by atoms with van der Waals surface area (Å²) in [7, 11) is 0. The van der Waals surface area contributed by atoms with E-state index in [0.29, 0.717) is 0 Å². The number of benzene rings is 1. The number of H-pyrrole nitrogens is 1. The number of hydrogen-bond donors (Lipinski definition) is 1. The predicted octanol–water partition coefficient (Wildman–Crippen LogP) is 2.16. The van der Waals surface area contributed by atoms with Crippen LogP contribution in [0.25, 0.3) is 10.9 Å². The van der Waals surface area contributed by atoms with Gasteiger partial charge in [-0.25, -0.2) is 0 Å². The second kappa shape index (κ2) is 4.88. The first kappa shape index (κ1) is 12.4. The summed E-state index contributed by atoms with van der Waals surface area (Å²) < 4.78 is 11.4. The van der Waals surface area contributed by atoms with Crippen LogP contribution in [0.1, 0.15) is 12.0 Å². The van der Waals surface area contributed by atoms with Gasteiger partial charge in [0.05, 0.1) is 25.4 Å². The monoisotopic (exact) mass is 272 g/mol. The van der Waals surface area contributed by atoms with Crippen molar-refractivity contribution < 1.29 is 9.47 Å². The van der Waals surface area contributed by atoms with Gasteiger partial charge in [-0.1, -0.05) is 12.1 Å².